The molecule has 0 radical (unpaired) electrons. The molecule has 1 amide bonds. The van der Waals surface area contributed by atoms with Gasteiger partial charge in [-0.05, 0) is 47.7 Å². The Kier molecular flexibility index (Phi) is 7.09. The van der Waals surface area contributed by atoms with Gasteiger partial charge in [0.25, 0.3) is 0 Å². The summed E-state index contributed by atoms with van der Waals surface area (Å²) in [4.78, 5) is 12.9. The van der Waals surface area contributed by atoms with E-state index < -0.39 is 16.1 Å². The monoisotopic (exact) mass is 466 g/mol. The van der Waals surface area contributed by atoms with E-state index in [1.54, 1.807) is 18.2 Å². The summed E-state index contributed by atoms with van der Waals surface area (Å²) >= 11 is 0. The summed E-state index contributed by atoms with van der Waals surface area (Å²) in [5, 5.41) is 4.77. The average Bonchev–Trinajstić information content (AvgIpc) is 3.26. The van der Waals surface area contributed by atoms with E-state index in [1.807, 2.05) is 54.6 Å². The van der Waals surface area contributed by atoms with Gasteiger partial charge in [-0.1, -0.05) is 60.7 Å². The van der Waals surface area contributed by atoms with Gasteiger partial charge in [0.2, 0.25) is 15.9 Å². The maximum absolute atomic E-state index is 13.4. The highest BCUT2D eigenvalue weighted by Gasteiger charge is 2.40. The Hall–Kier alpha value is -2.78. The fourth-order valence-electron chi connectivity index (χ4n) is 4.37. The van der Waals surface area contributed by atoms with E-state index in [1.165, 1.54) is 4.31 Å². The minimum absolute atomic E-state index is 0.175. The molecule has 3 aromatic rings. The molecule has 0 unspecified atom stereocenters. The van der Waals surface area contributed by atoms with Crippen molar-refractivity contribution in [3.05, 3.63) is 78.4 Å². The summed E-state index contributed by atoms with van der Waals surface area (Å²) in [6.07, 6.45) is 1.68. The minimum Gasteiger partial charge on any atom is -0.351 e. The van der Waals surface area contributed by atoms with Crippen LogP contribution >= 0.6 is 0 Å². The number of nitrogens with two attached hydrogens (primary N) is 2. The van der Waals surface area contributed by atoms with Crippen molar-refractivity contribution in [1.29, 1.82) is 0 Å². The van der Waals surface area contributed by atoms with E-state index >= 15 is 0 Å². The quantitative estimate of drug-likeness (QED) is 0.469. The van der Waals surface area contributed by atoms with E-state index in [0.29, 0.717) is 19.3 Å². The van der Waals surface area contributed by atoms with Crippen molar-refractivity contribution >= 4 is 26.7 Å². The predicted octanol–water partition coefficient (Wildman–Crippen LogP) is 2.01. The fourth-order valence-corrected chi connectivity index (χ4v) is 6.10. The van der Waals surface area contributed by atoms with Crippen LogP contribution in [0.25, 0.3) is 10.8 Å². The summed E-state index contributed by atoms with van der Waals surface area (Å²) in [5.41, 5.74) is 13.1. The molecular weight excluding hydrogens is 436 g/mol. The Balaban J connectivity index is 1.42. The Morgan fingerprint density at radius 2 is 1.73 bits per heavy atom. The van der Waals surface area contributed by atoms with Crippen LogP contribution in [0, 0.1) is 0 Å². The second-order valence-corrected chi connectivity index (χ2v) is 10.4. The lowest BCUT2D eigenvalue weighted by atomic mass is 10.0. The maximum Gasteiger partial charge on any atom is 0.243 e. The zero-order valence-corrected chi connectivity index (χ0v) is 19.2. The van der Waals surface area contributed by atoms with Crippen molar-refractivity contribution in [2.45, 2.75) is 42.3 Å². The van der Waals surface area contributed by atoms with Gasteiger partial charge < -0.3 is 16.8 Å². The van der Waals surface area contributed by atoms with Gasteiger partial charge in [-0.3, -0.25) is 4.79 Å². The van der Waals surface area contributed by atoms with Crippen LogP contribution < -0.4 is 16.8 Å². The highest BCUT2D eigenvalue weighted by molar-refractivity contribution is 7.89. The van der Waals surface area contributed by atoms with Crippen LogP contribution in [-0.2, 0) is 21.2 Å². The van der Waals surface area contributed by atoms with Crippen LogP contribution in [0.4, 0.5) is 0 Å². The molecule has 174 valence electrons. The molecule has 5 N–H and O–H groups in total. The molecular formula is C25H30N4O3S. The number of carbonyl (C=O) groups is 1. The molecule has 7 nitrogen and oxygen atoms in total. The first-order valence-corrected chi connectivity index (χ1v) is 12.6. The van der Waals surface area contributed by atoms with Crippen LogP contribution in [-0.4, -0.2) is 49.8 Å². The predicted molar refractivity (Wildman–Crippen MR) is 130 cm³/mol. The number of sulfonamides is 1. The number of carbonyl (C=O) groups excluding carboxylic acids is 1. The molecule has 1 heterocycles. The largest absolute Gasteiger partial charge is 0.351 e. The number of benzene rings is 3. The molecule has 0 bridgehead atoms. The second kappa shape index (κ2) is 10.0. The third-order valence-electron chi connectivity index (χ3n) is 6.23. The first-order valence-electron chi connectivity index (χ1n) is 11.2. The van der Waals surface area contributed by atoms with Gasteiger partial charge in [0.15, 0.2) is 0 Å². The first kappa shape index (κ1) is 23.4. The molecule has 0 aromatic heterocycles. The molecule has 8 heteroatoms. The number of fused-ring (bicyclic) bond motifs is 1. The lowest BCUT2D eigenvalue weighted by Crippen LogP contribution is -2.46. The van der Waals surface area contributed by atoms with Crippen molar-refractivity contribution in [1.82, 2.24) is 9.62 Å². The van der Waals surface area contributed by atoms with E-state index in [0.717, 1.165) is 16.3 Å². The number of rotatable bonds is 8. The van der Waals surface area contributed by atoms with Crippen molar-refractivity contribution in [2.24, 2.45) is 11.5 Å². The number of hydrogen-bond donors (Lipinski definition) is 3. The van der Waals surface area contributed by atoms with Crippen LogP contribution in [0.3, 0.4) is 0 Å². The standard InChI is InChI=1S/C25H30N4O3S/c26-16-22-15-21(28-25(30)24(27)13-10-18-6-2-1-3-7-18)17-29(22)33(31,32)23-12-11-19-8-4-5-9-20(19)14-23/h1-9,11-12,14,21-22,24H,10,13,15-17,26-27H2,(H,28,30)/t21-,22-,24-/m0/s1. The molecule has 0 spiro atoms. The lowest BCUT2D eigenvalue weighted by Gasteiger charge is -2.23. The number of nitrogens with one attached hydrogen (secondary N) is 1. The smallest absolute Gasteiger partial charge is 0.243 e. The van der Waals surface area contributed by atoms with E-state index in [-0.39, 0.29) is 36.0 Å². The third kappa shape index (κ3) is 5.25. The Morgan fingerprint density at radius 3 is 2.45 bits per heavy atom. The topological polar surface area (TPSA) is 119 Å². The Morgan fingerprint density at radius 1 is 1.03 bits per heavy atom. The lowest BCUT2D eigenvalue weighted by molar-refractivity contribution is -0.123. The zero-order valence-electron chi connectivity index (χ0n) is 18.4. The van der Waals surface area contributed by atoms with Crippen LogP contribution in [0.1, 0.15) is 18.4 Å². The maximum atomic E-state index is 13.4. The minimum atomic E-state index is -3.76. The summed E-state index contributed by atoms with van der Waals surface area (Å²) in [7, 11) is -3.76. The van der Waals surface area contributed by atoms with Crippen molar-refractivity contribution in [3.63, 3.8) is 0 Å². The molecule has 1 fully saturated rings. The molecule has 0 aliphatic carbocycles. The normalized spacial score (nSPS) is 20.1. The van der Waals surface area contributed by atoms with Gasteiger partial charge in [0, 0.05) is 25.2 Å². The third-order valence-corrected chi connectivity index (χ3v) is 8.15. The van der Waals surface area contributed by atoms with E-state index in [4.69, 9.17) is 11.5 Å². The second-order valence-electron chi connectivity index (χ2n) is 8.55. The van der Waals surface area contributed by atoms with Crippen molar-refractivity contribution in [3.8, 4) is 0 Å². The highest BCUT2D eigenvalue weighted by Crippen LogP contribution is 2.28. The summed E-state index contributed by atoms with van der Waals surface area (Å²) in [5.74, 6) is -0.267. The molecule has 33 heavy (non-hydrogen) atoms. The van der Waals surface area contributed by atoms with Crippen molar-refractivity contribution < 1.29 is 13.2 Å². The van der Waals surface area contributed by atoms with Gasteiger partial charge in [0.1, 0.15) is 0 Å². The van der Waals surface area contributed by atoms with Gasteiger partial charge in [-0.15, -0.1) is 0 Å². The molecule has 0 saturated carbocycles. The van der Waals surface area contributed by atoms with Crippen LogP contribution in [0.2, 0.25) is 0 Å². The summed E-state index contributed by atoms with van der Waals surface area (Å²) in [6.45, 7) is 0.355. The van der Waals surface area contributed by atoms with Gasteiger partial charge in [-0.25, -0.2) is 8.42 Å². The Labute approximate surface area is 194 Å². The molecule has 4 rings (SSSR count). The number of aryl methyl sites for hydroxylation is 1. The molecule has 1 aliphatic heterocycles. The molecule has 3 aromatic carbocycles. The van der Waals surface area contributed by atoms with E-state index in [2.05, 4.69) is 5.32 Å². The van der Waals surface area contributed by atoms with Crippen molar-refractivity contribution in [2.75, 3.05) is 13.1 Å². The average molecular weight is 467 g/mol. The zero-order chi connectivity index (χ0) is 23.4. The molecule has 1 aliphatic rings. The van der Waals surface area contributed by atoms with Crippen LogP contribution in [0.15, 0.2) is 77.7 Å². The fraction of sp³-hybridized carbons (Fsp3) is 0.320. The first-order chi connectivity index (χ1) is 15.9. The number of nitrogens with zero attached hydrogens (tertiary/aromatic N) is 1. The van der Waals surface area contributed by atoms with Gasteiger partial charge in [0.05, 0.1) is 10.9 Å². The number of hydrogen-bond acceptors (Lipinski definition) is 5. The molecule has 1 saturated heterocycles. The highest BCUT2D eigenvalue weighted by atomic mass is 32.2. The van der Waals surface area contributed by atoms with Gasteiger partial charge in [-0.2, -0.15) is 4.31 Å². The Bertz CT molecular complexity index is 1220. The van der Waals surface area contributed by atoms with E-state index in [9.17, 15) is 13.2 Å². The SMILES string of the molecule is NC[C@@H]1C[C@H](NC(=O)[C@@H](N)CCc2ccccc2)CN1S(=O)(=O)c1ccc2ccccc2c1. The van der Waals surface area contributed by atoms with Gasteiger partial charge >= 0.3 is 0 Å². The number of amides is 1. The summed E-state index contributed by atoms with van der Waals surface area (Å²) < 4.78 is 28.2. The molecule has 3 atom stereocenters. The van der Waals surface area contributed by atoms with Crippen LogP contribution in [0.5, 0.6) is 0 Å². The summed E-state index contributed by atoms with van der Waals surface area (Å²) in [6, 6.07) is 21.2.